The van der Waals surface area contributed by atoms with Crippen LogP contribution in [0.15, 0.2) is 0 Å². The smallest absolute Gasteiger partial charge is 0.320 e. The number of hydrogen-bond acceptors (Lipinski definition) is 3. The lowest BCUT2D eigenvalue weighted by Gasteiger charge is -2.07. The molecule has 0 rings (SSSR count). The maximum Gasteiger partial charge on any atom is 0.320 e. The minimum atomic E-state index is -1.31. The van der Waals surface area contributed by atoms with E-state index in [2.05, 4.69) is 0 Å². The van der Waals surface area contributed by atoms with Crippen molar-refractivity contribution in [3.8, 4) is 0 Å². The summed E-state index contributed by atoms with van der Waals surface area (Å²) in [5, 5.41) is 8.19. The van der Waals surface area contributed by atoms with Gasteiger partial charge in [-0.3, -0.25) is 4.79 Å². The average molecular weight is 187 g/mol. The normalized spacial score (nSPS) is 14.8. The molecule has 1 unspecified atom stereocenters. The van der Waals surface area contributed by atoms with Gasteiger partial charge in [-0.05, 0) is 0 Å². The van der Waals surface area contributed by atoms with Crippen molar-refractivity contribution in [3.63, 3.8) is 0 Å². The van der Waals surface area contributed by atoms with Crippen LogP contribution in [0.2, 0.25) is 0 Å². The average Bonchev–Trinajstić information content (AvgIpc) is 1.87. The molecule has 0 bridgehead atoms. The summed E-state index contributed by atoms with van der Waals surface area (Å²) in [6.07, 6.45) is -1.53. The molecule has 68 valence electrons. The number of nitrogens with two attached hydrogens (primary N) is 2. The fraction of sp³-hybridized carbons (Fsp3) is 0.800. The highest BCUT2D eigenvalue weighted by Gasteiger charge is 2.16. The first-order valence-electron chi connectivity index (χ1n) is 2.90. The van der Waals surface area contributed by atoms with Gasteiger partial charge in [0.15, 0.2) is 0 Å². The van der Waals surface area contributed by atoms with Crippen LogP contribution in [0.5, 0.6) is 0 Å². The number of hydrogen-bond donors (Lipinski definition) is 3. The Morgan fingerprint density at radius 1 is 1.64 bits per heavy atom. The lowest BCUT2D eigenvalue weighted by Crippen LogP contribution is -2.34. The van der Waals surface area contributed by atoms with Gasteiger partial charge in [0.1, 0.15) is 12.2 Å². The molecule has 0 aromatic carbocycles. The van der Waals surface area contributed by atoms with E-state index in [9.17, 15) is 9.18 Å². The first kappa shape index (κ1) is 13.2. The molecule has 0 aliphatic heterocycles. The first-order chi connectivity index (χ1) is 4.57. The zero-order valence-corrected chi connectivity index (χ0v) is 6.68. The van der Waals surface area contributed by atoms with Crippen molar-refractivity contribution in [2.45, 2.75) is 18.6 Å². The number of aliphatic carboxylic acids is 1. The van der Waals surface area contributed by atoms with Crippen molar-refractivity contribution in [3.05, 3.63) is 0 Å². The number of alkyl halides is 1. The number of carboxylic acids is 1. The molecule has 0 fully saturated rings. The van der Waals surface area contributed by atoms with Crippen LogP contribution in [0.3, 0.4) is 0 Å². The lowest BCUT2D eigenvalue weighted by molar-refractivity contribution is -0.139. The topological polar surface area (TPSA) is 89.3 Å². The Kier molecular flexibility index (Phi) is 7.60. The summed E-state index contributed by atoms with van der Waals surface area (Å²) in [6, 6.07) is -1.14. The Morgan fingerprint density at radius 2 is 2.09 bits per heavy atom. The third-order valence-electron chi connectivity index (χ3n) is 1.08. The van der Waals surface area contributed by atoms with Crippen molar-refractivity contribution in [2.75, 3.05) is 6.54 Å². The molecular weight excluding hydrogens is 175 g/mol. The number of carbonyl (C=O) groups is 1. The molecule has 0 spiro atoms. The zero-order valence-electron chi connectivity index (χ0n) is 5.87. The molecule has 11 heavy (non-hydrogen) atoms. The Balaban J connectivity index is 0. The minimum absolute atomic E-state index is 0. The van der Waals surface area contributed by atoms with Crippen LogP contribution < -0.4 is 11.5 Å². The van der Waals surface area contributed by atoms with Gasteiger partial charge in [0.25, 0.3) is 0 Å². The van der Waals surface area contributed by atoms with E-state index in [4.69, 9.17) is 16.6 Å². The Labute approximate surface area is 70.2 Å². The lowest BCUT2D eigenvalue weighted by atomic mass is 10.1. The monoisotopic (exact) mass is 186 g/mol. The van der Waals surface area contributed by atoms with Gasteiger partial charge in [-0.15, -0.1) is 12.4 Å². The van der Waals surface area contributed by atoms with E-state index in [1.165, 1.54) is 0 Å². The van der Waals surface area contributed by atoms with Gasteiger partial charge in [-0.2, -0.15) is 0 Å². The fourth-order valence-electron chi connectivity index (χ4n) is 0.473. The quantitative estimate of drug-likeness (QED) is 0.553. The molecule has 4 nitrogen and oxygen atoms in total. The summed E-state index contributed by atoms with van der Waals surface area (Å²) in [5.41, 5.74) is 9.89. The Hall–Kier alpha value is -0.390. The maximum absolute atomic E-state index is 12.3. The molecule has 0 aromatic rings. The van der Waals surface area contributed by atoms with E-state index < -0.39 is 18.2 Å². The van der Waals surface area contributed by atoms with Gasteiger partial charge >= 0.3 is 5.97 Å². The molecule has 0 aliphatic rings. The third kappa shape index (κ3) is 6.03. The zero-order chi connectivity index (χ0) is 8.15. The van der Waals surface area contributed by atoms with Gasteiger partial charge in [-0.1, -0.05) is 0 Å². The third-order valence-corrected chi connectivity index (χ3v) is 1.08. The van der Waals surface area contributed by atoms with Gasteiger partial charge < -0.3 is 16.6 Å². The van der Waals surface area contributed by atoms with E-state index in [1.807, 2.05) is 0 Å². The summed E-state index contributed by atoms with van der Waals surface area (Å²) in [6.45, 7) is -0.180. The second-order valence-corrected chi connectivity index (χ2v) is 2.01. The Morgan fingerprint density at radius 3 is 2.36 bits per heavy atom. The van der Waals surface area contributed by atoms with Gasteiger partial charge in [0.2, 0.25) is 0 Å². The van der Waals surface area contributed by atoms with E-state index in [0.29, 0.717) is 0 Å². The van der Waals surface area contributed by atoms with Crippen molar-refractivity contribution in [2.24, 2.45) is 11.5 Å². The summed E-state index contributed by atoms with van der Waals surface area (Å²) >= 11 is 0. The molecule has 0 amide bonds. The second-order valence-electron chi connectivity index (χ2n) is 2.01. The molecule has 5 N–H and O–H groups in total. The molecule has 0 radical (unpaired) electrons. The molecule has 0 heterocycles. The summed E-state index contributed by atoms with van der Waals surface area (Å²) in [5.74, 6) is -1.20. The summed E-state index contributed by atoms with van der Waals surface area (Å²) < 4.78 is 12.3. The van der Waals surface area contributed by atoms with Crippen molar-refractivity contribution in [1.29, 1.82) is 0 Å². The molecule has 2 atom stereocenters. The number of rotatable bonds is 4. The highest BCUT2D eigenvalue weighted by Crippen LogP contribution is 1.98. The molecule has 0 saturated heterocycles. The number of carboxylic acid groups (broad SMARTS) is 1. The van der Waals surface area contributed by atoms with Crippen LogP contribution in [0, 0.1) is 0 Å². The van der Waals surface area contributed by atoms with E-state index in [-0.39, 0.29) is 25.4 Å². The largest absolute Gasteiger partial charge is 0.480 e. The summed E-state index contributed by atoms with van der Waals surface area (Å²) in [7, 11) is 0. The standard InChI is InChI=1S/C5H11FN2O2.ClH/c6-3(2-7)1-4(8)5(9)10;/h3-4H,1-2,7-8H2,(H,9,10);1H/t3?,4-;/m1./s1. The minimum Gasteiger partial charge on any atom is -0.480 e. The van der Waals surface area contributed by atoms with Crippen LogP contribution in [0.25, 0.3) is 0 Å². The highest BCUT2D eigenvalue weighted by atomic mass is 35.5. The van der Waals surface area contributed by atoms with E-state index >= 15 is 0 Å². The molecule has 0 aliphatic carbocycles. The molecule has 0 aromatic heterocycles. The van der Waals surface area contributed by atoms with Gasteiger partial charge in [0, 0.05) is 13.0 Å². The molecular formula is C5H12ClFN2O2. The number of halogens is 2. The van der Waals surface area contributed by atoms with Gasteiger partial charge in [-0.25, -0.2) is 4.39 Å². The van der Waals surface area contributed by atoms with E-state index in [0.717, 1.165) is 0 Å². The van der Waals surface area contributed by atoms with Crippen LogP contribution in [-0.2, 0) is 4.79 Å². The Bertz CT molecular complexity index is 125. The van der Waals surface area contributed by atoms with Crippen molar-refractivity contribution < 1.29 is 14.3 Å². The van der Waals surface area contributed by atoms with Crippen molar-refractivity contribution in [1.82, 2.24) is 0 Å². The van der Waals surface area contributed by atoms with Gasteiger partial charge in [0.05, 0.1) is 0 Å². The second kappa shape index (κ2) is 6.33. The fourth-order valence-corrected chi connectivity index (χ4v) is 0.473. The molecule has 6 heteroatoms. The highest BCUT2D eigenvalue weighted by molar-refractivity contribution is 5.85. The van der Waals surface area contributed by atoms with Crippen molar-refractivity contribution >= 4 is 18.4 Å². The first-order valence-corrected chi connectivity index (χ1v) is 2.90. The van der Waals surface area contributed by atoms with Crippen LogP contribution in [0.4, 0.5) is 4.39 Å². The van der Waals surface area contributed by atoms with Crippen LogP contribution >= 0.6 is 12.4 Å². The summed E-state index contributed by atoms with van der Waals surface area (Å²) in [4.78, 5) is 10.0. The van der Waals surface area contributed by atoms with Crippen LogP contribution in [-0.4, -0.2) is 29.8 Å². The predicted octanol–water partition coefficient (Wildman–Crippen LogP) is -0.493. The maximum atomic E-state index is 12.3. The van der Waals surface area contributed by atoms with Crippen LogP contribution in [0.1, 0.15) is 6.42 Å². The van der Waals surface area contributed by atoms with E-state index in [1.54, 1.807) is 0 Å². The SMILES string of the molecule is Cl.NCC(F)C[C@@H](N)C(=O)O. The molecule has 0 saturated carbocycles. The predicted molar refractivity (Wildman–Crippen MR) is 41.4 cm³/mol.